The van der Waals surface area contributed by atoms with E-state index in [2.05, 4.69) is 9.97 Å². The maximum atomic E-state index is 12.8. The fraction of sp³-hybridized carbons (Fsp3) is 0.353. The molecule has 0 aliphatic carbocycles. The molecule has 132 valence electrons. The number of amides is 1. The molecule has 2 heterocycles. The van der Waals surface area contributed by atoms with Crippen molar-refractivity contribution in [3.05, 3.63) is 53.9 Å². The molecular weight excluding hydrogens is 335 g/mol. The first-order chi connectivity index (χ1) is 11.9. The lowest BCUT2D eigenvalue weighted by Crippen LogP contribution is -2.42. The van der Waals surface area contributed by atoms with Gasteiger partial charge in [-0.1, -0.05) is 6.07 Å². The molecule has 1 aromatic carbocycles. The number of carbonyl (C=O) groups is 1. The molecule has 1 aliphatic rings. The molecular formula is C17H16F3N3O2. The predicted octanol–water partition coefficient (Wildman–Crippen LogP) is 3.18. The summed E-state index contributed by atoms with van der Waals surface area (Å²) in [5.41, 5.74) is -0.779. The second-order valence-electron chi connectivity index (χ2n) is 5.72. The molecule has 0 bridgehead atoms. The van der Waals surface area contributed by atoms with Crippen LogP contribution in [-0.2, 0) is 6.18 Å². The van der Waals surface area contributed by atoms with Crippen LogP contribution in [0.4, 0.5) is 13.2 Å². The number of nitrogens with zero attached hydrogens (tertiary/aromatic N) is 3. The zero-order valence-corrected chi connectivity index (χ0v) is 13.2. The Labute approximate surface area is 142 Å². The Balaban J connectivity index is 1.60. The monoisotopic (exact) mass is 351 g/mol. The molecule has 1 aliphatic heterocycles. The van der Waals surface area contributed by atoms with Gasteiger partial charge in [-0.15, -0.1) is 0 Å². The summed E-state index contributed by atoms with van der Waals surface area (Å²) in [5.74, 6) is -0.402. The van der Waals surface area contributed by atoms with Gasteiger partial charge in [-0.25, -0.2) is 9.97 Å². The van der Waals surface area contributed by atoms with Crippen molar-refractivity contribution in [3.8, 4) is 6.01 Å². The molecule has 3 rings (SSSR count). The topological polar surface area (TPSA) is 55.3 Å². The van der Waals surface area contributed by atoms with E-state index in [1.807, 2.05) is 0 Å². The van der Waals surface area contributed by atoms with Crippen molar-refractivity contribution in [1.82, 2.24) is 14.9 Å². The first kappa shape index (κ1) is 17.2. The Bertz CT molecular complexity index is 729. The minimum atomic E-state index is -4.47. The van der Waals surface area contributed by atoms with Crippen molar-refractivity contribution < 1.29 is 22.7 Å². The van der Waals surface area contributed by atoms with Crippen LogP contribution in [0, 0.1) is 0 Å². The molecule has 25 heavy (non-hydrogen) atoms. The van der Waals surface area contributed by atoms with Gasteiger partial charge in [-0.3, -0.25) is 4.79 Å². The summed E-state index contributed by atoms with van der Waals surface area (Å²) in [5, 5.41) is 0. The van der Waals surface area contributed by atoms with E-state index in [-0.39, 0.29) is 17.7 Å². The van der Waals surface area contributed by atoms with Crippen LogP contribution in [0.1, 0.15) is 28.8 Å². The minimum absolute atomic E-state index is 0.0422. The Hall–Kier alpha value is -2.64. The van der Waals surface area contributed by atoms with Gasteiger partial charge in [0.2, 0.25) is 0 Å². The van der Waals surface area contributed by atoms with Crippen LogP contribution in [0.2, 0.25) is 0 Å². The highest BCUT2D eigenvalue weighted by atomic mass is 19.4. The van der Waals surface area contributed by atoms with Gasteiger partial charge < -0.3 is 9.64 Å². The minimum Gasteiger partial charge on any atom is -0.460 e. The normalized spacial score (nSPS) is 15.9. The van der Waals surface area contributed by atoms with Crippen LogP contribution in [0.3, 0.4) is 0 Å². The van der Waals surface area contributed by atoms with E-state index in [1.165, 1.54) is 12.1 Å². The molecule has 0 radical (unpaired) electrons. The van der Waals surface area contributed by atoms with Gasteiger partial charge in [0.25, 0.3) is 5.91 Å². The first-order valence-corrected chi connectivity index (χ1v) is 7.84. The van der Waals surface area contributed by atoms with Crippen molar-refractivity contribution in [2.24, 2.45) is 0 Å². The number of likely N-dealkylation sites (tertiary alicyclic amines) is 1. The molecule has 0 unspecified atom stereocenters. The van der Waals surface area contributed by atoms with E-state index in [9.17, 15) is 18.0 Å². The van der Waals surface area contributed by atoms with Gasteiger partial charge in [0.05, 0.1) is 5.56 Å². The Morgan fingerprint density at radius 1 is 1.12 bits per heavy atom. The van der Waals surface area contributed by atoms with Gasteiger partial charge in [0.1, 0.15) is 6.10 Å². The molecule has 1 amide bonds. The van der Waals surface area contributed by atoms with Gasteiger partial charge in [0, 0.05) is 43.9 Å². The largest absolute Gasteiger partial charge is 0.460 e. The zero-order valence-electron chi connectivity index (χ0n) is 13.2. The van der Waals surface area contributed by atoms with E-state index in [1.54, 1.807) is 23.4 Å². The van der Waals surface area contributed by atoms with E-state index in [0.29, 0.717) is 25.9 Å². The van der Waals surface area contributed by atoms with Crippen molar-refractivity contribution >= 4 is 5.91 Å². The number of alkyl halides is 3. The quantitative estimate of drug-likeness (QED) is 0.852. The molecule has 1 fully saturated rings. The average Bonchev–Trinajstić information content (AvgIpc) is 2.62. The Morgan fingerprint density at radius 3 is 2.44 bits per heavy atom. The summed E-state index contributed by atoms with van der Waals surface area (Å²) in [7, 11) is 0. The molecule has 0 N–H and O–H groups in total. The van der Waals surface area contributed by atoms with Crippen molar-refractivity contribution in [1.29, 1.82) is 0 Å². The highest BCUT2D eigenvalue weighted by Gasteiger charge is 2.32. The molecule has 2 aromatic rings. The number of aromatic nitrogens is 2. The predicted molar refractivity (Wildman–Crippen MR) is 83.0 cm³/mol. The van der Waals surface area contributed by atoms with Gasteiger partial charge in [0.15, 0.2) is 0 Å². The lowest BCUT2D eigenvalue weighted by atomic mass is 10.0. The number of hydrogen-bond donors (Lipinski definition) is 0. The Kier molecular flexibility index (Phi) is 4.87. The van der Waals surface area contributed by atoms with Gasteiger partial charge in [-0.05, 0) is 24.3 Å². The van der Waals surface area contributed by atoms with Gasteiger partial charge >= 0.3 is 12.2 Å². The smallest absolute Gasteiger partial charge is 0.416 e. The fourth-order valence-electron chi connectivity index (χ4n) is 2.68. The summed E-state index contributed by atoms with van der Waals surface area (Å²) in [4.78, 5) is 22.0. The van der Waals surface area contributed by atoms with Crippen LogP contribution in [0.5, 0.6) is 6.01 Å². The standard InChI is InChI=1S/C17H16F3N3O2/c18-17(19,20)13-4-1-3-12(11-13)15(24)23-9-5-14(6-10-23)25-16-21-7-2-8-22-16/h1-4,7-8,11,14H,5-6,9-10H2. The van der Waals surface area contributed by atoms with Crippen LogP contribution >= 0.6 is 0 Å². The van der Waals surface area contributed by atoms with Crippen LogP contribution in [-0.4, -0.2) is 40.0 Å². The highest BCUT2D eigenvalue weighted by molar-refractivity contribution is 5.94. The second-order valence-corrected chi connectivity index (χ2v) is 5.72. The summed E-state index contributed by atoms with van der Waals surface area (Å²) >= 11 is 0. The number of rotatable bonds is 3. The molecule has 8 heteroatoms. The van der Waals surface area contributed by atoms with Crippen molar-refractivity contribution in [3.63, 3.8) is 0 Å². The first-order valence-electron chi connectivity index (χ1n) is 7.84. The molecule has 0 saturated carbocycles. The second kappa shape index (κ2) is 7.08. The summed E-state index contributed by atoms with van der Waals surface area (Å²) < 4.78 is 44.0. The molecule has 0 atom stereocenters. The lowest BCUT2D eigenvalue weighted by molar-refractivity contribution is -0.137. The summed E-state index contributed by atoms with van der Waals surface area (Å²) in [6.07, 6.45) is -0.282. The molecule has 1 saturated heterocycles. The van der Waals surface area contributed by atoms with Crippen LogP contribution in [0.25, 0.3) is 0 Å². The Morgan fingerprint density at radius 2 is 1.80 bits per heavy atom. The van der Waals surface area contributed by atoms with Crippen LogP contribution < -0.4 is 4.74 Å². The molecule has 1 aromatic heterocycles. The lowest BCUT2D eigenvalue weighted by Gasteiger charge is -2.31. The van der Waals surface area contributed by atoms with E-state index in [4.69, 9.17) is 4.74 Å². The van der Waals surface area contributed by atoms with Crippen LogP contribution in [0.15, 0.2) is 42.7 Å². The third-order valence-electron chi connectivity index (χ3n) is 3.98. The molecule has 0 spiro atoms. The molecule has 5 nitrogen and oxygen atoms in total. The highest BCUT2D eigenvalue weighted by Crippen LogP contribution is 2.30. The van der Waals surface area contributed by atoms with E-state index >= 15 is 0 Å². The maximum absolute atomic E-state index is 12.8. The fourth-order valence-corrected chi connectivity index (χ4v) is 2.68. The third kappa shape index (κ3) is 4.26. The number of carbonyl (C=O) groups excluding carboxylic acids is 1. The number of piperidine rings is 1. The van der Waals surface area contributed by atoms with E-state index < -0.39 is 17.6 Å². The third-order valence-corrected chi connectivity index (χ3v) is 3.98. The number of benzene rings is 1. The average molecular weight is 351 g/mol. The SMILES string of the molecule is O=C(c1cccc(C(F)(F)F)c1)N1CCC(Oc2ncccn2)CC1. The van der Waals surface area contributed by atoms with E-state index in [0.717, 1.165) is 12.1 Å². The summed E-state index contributed by atoms with van der Waals surface area (Å²) in [6.45, 7) is 0.819. The van der Waals surface area contributed by atoms with Crippen molar-refractivity contribution in [2.75, 3.05) is 13.1 Å². The number of halogens is 3. The maximum Gasteiger partial charge on any atom is 0.416 e. The number of hydrogen-bond acceptors (Lipinski definition) is 4. The zero-order chi connectivity index (χ0) is 17.9. The van der Waals surface area contributed by atoms with Gasteiger partial charge in [-0.2, -0.15) is 13.2 Å². The number of ether oxygens (including phenoxy) is 1. The van der Waals surface area contributed by atoms with Crippen molar-refractivity contribution in [2.45, 2.75) is 25.1 Å². The summed E-state index contributed by atoms with van der Waals surface area (Å²) in [6, 6.07) is 6.46.